The summed E-state index contributed by atoms with van der Waals surface area (Å²) in [6.07, 6.45) is 3.84. The Labute approximate surface area is 196 Å². The summed E-state index contributed by atoms with van der Waals surface area (Å²) in [5, 5.41) is 4.43. The van der Waals surface area contributed by atoms with Crippen LogP contribution in [0.5, 0.6) is 0 Å². The predicted octanol–water partition coefficient (Wildman–Crippen LogP) is 6.47. The van der Waals surface area contributed by atoms with E-state index in [1.54, 1.807) is 0 Å². The second kappa shape index (κ2) is 12.0. The topological polar surface area (TPSA) is 39.7 Å². The second-order valence-corrected chi connectivity index (χ2v) is 9.63. The molecule has 1 aromatic carbocycles. The van der Waals surface area contributed by atoms with Crippen LogP contribution in [-0.4, -0.2) is 43.1 Å². The fraction of sp³-hybridized carbons (Fsp3) is 0.760. The van der Waals surface area contributed by atoms with E-state index in [4.69, 9.17) is 25.6 Å². The number of nitrogens with one attached hydrogen (secondary N) is 1. The first kappa shape index (κ1) is 28.4. The van der Waals surface area contributed by atoms with Gasteiger partial charge in [-0.05, 0) is 77.5 Å². The Balaban J connectivity index is 0.000000295. The molecule has 6 heteroatoms. The van der Waals surface area contributed by atoms with Crippen molar-refractivity contribution in [1.82, 2.24) is 5.32 Å². The van der Waals surface area contributed by atoms with Crippen LogP contribution in [-0.2, 0) is 20.5 Å². The maximum atomic E-state index is 5.96. The number of hydrogen-bond donors (Lipinski definition) is 1. The van der Waals surface area contributed by atoms with Crippen molar-refractivity contribution >= 4 is 18.7 Å². The minimum absolute atomic E-state index is 0.0648. The first-order chi connectivity index (χ1) is 14.5. The van der Waals surface area contributed by atoms with Gasteiger partial charge in [0, 0.05) is 23.5 Å². The summed E-state index contributed by atoms with van der Waals surface area (Å²) in [5.41, 5.74) is 2.63. The zero-order valence-electron chi connectivity index (χ0n) is 21.5. The molecule has 0 amide bonds. The predicted molar refractivity (Wildman–Crippen MR) is 134 cm³/mol. The lowest BCUT2D eigenvalue weighted by atomic mass is 9.90. The molecule has 0 aromatic heterocycles. The van der Waals surface area contributed by atoms with Crippen LogP contribution < -0.4 is 5.32 Å². The van der Waals surface area contributed by atoms with Crippen molar-refractivity contribution in [2.45, 2.75) is 111 Å². The third kappa shape index (κ3) is 8.05. The summed E-state index contributed by atoms with van der Waals surface area (Å²) in [6.45, 7) is 22.1. The average Bonchev–Trinajstić information content (AvgIpc) is 3.43. The summed E-state index contributed by atoms with van der Waals surface area (Å²) in [6, 6.07) is 6.10. The number of aryl methyl sites for hydroxylation is 1. The molecule has 0 radical (unpaired) electrons. The van der Waals surface area contributed by atoms with Crippen LogP contribution in [0.4, 0.5) is 0 Å². The lowest BCUT2D eigenvalue weighted by Gasteiger charge is -2.32. The summed E-state index contributed by atoms with van der Waals surface area (Å²) in [4.78, 5) is 0. The molecule has 4 nitrogen and oxygen atoms in total. The van der Waals surface area contributed by atoms with Crippen LogP contribution in [0.2, 0.25) is 11.8 Å². The number of ether oxygens (including phenoxy) is 1. The zero-order chi connectivity index (χ0) is 23.9. The van der Waals surface area contributed by atoms with Gasteiger partial charge in [0.05, 0.1) is 23.9 Å². The van der Waals surface area contributed by atoms with Gasteiger partial charge in [-0.25, -0.2) is 0 Å². The minimum Gasteiger partial charge on any atom is -0.403 e. The highest BCUT2D eigenvalue weighted by Crippen LogP contribution is 2.38. The van der Waals surface area contributed by atoms with Crippen LogP contribution in [0.1, 0.15) is 79.4 Å². The van der Waals surface area contributed by atoms with Gasteiger partial charge < -0.3 is 19.4 Å². The molecule has 1 atom stereocenters. The number of halogens is 1. The molecule has 2 saturated heterocycles. The van der Waals surface area contributed by atoms with E-state index in [1.807, 2.05) is 46.7 Å². The molecule has 2 heterocycles. The molecule has 1 aliphatic carbocycles. The SMILES string of the molecule is CB1OC(C)(C)C(C)(C)O1.CC.CC.Cc1cc(Cl)ccc1CC1CNC2(CC2)CO1. The van der Waals surface area contributed by atoms with Gasteiger partial charge in [-0.2, -0.15) is 0 Å². The third-order valence-electron chi connectivity index (χ3n) is 6.28. The first-order valence-corrected chi connectivity index (χ1v) is 12.4. The average molecular weight is 454 g/mol. The molecule has 31 heavy (non-hydrogen) atoms. The molecule has 3 fully saturated rings. The first-order valence-electron chi connectivity index (χ1n) is 12.0. The van der Waals surface area contributed by atoms with Gasteiger partial charge in [0.15, 0.2) is 0 Å². The van der Waals surface area contributed by atoms with Gasteiger partial charge in [-0.3, -0.25) is 0 Å². The molecular formula is C25H45BClNO3. The Kier molecular flexibility index (Phi) is 11.0. The largest absolute Gasteiger partial charge is 0.454 e. The van der Waals surface area contributed by atoms with E-state index in [0.717, 1.165) is 24.6 Å². The van der Waals surface area contributed by atoms with E-state index in [-0.39, 0.29) is 18.3 Å². The van der Waals surface area contributed by atoms with Crippen molar-refractivity contribution in [2.75, 3.05) is 13.2 Å². The molecule has 1 spiro atoms. The number of hydrogen-bond acceptors (Lipinski definition) is 4. The lowest BCUT2D eigenvalue weighted by Crippen LogP contribution is -2.48. The summed E-state index contributed by atoms with van der Waals surface area (Å²) >= 11 is 5.96. The van der Waals surface area contributed by atoms with E-state index in [0.29, 0.717) is 11.6 Å². The Bertz CT molecular complexity index is 651. The fourth-order valence-electron chi connectivity index (χ4n) is 3.59. The molecule has 2 aliphatic heterocycles. The molecule has 0 bridgehead atoms. The maximum absolute atomic E-state index is 5.96. The Morgan fingerprint density at radius 3 is 1.94 bits per heavy atom. The quantitative estimate of drug-likeness (QED) is 0.521. The van der Waals surface area contributed by atoms with Crippen molar-refractivity contribution in [1.29, 1.82) is 0 Å². The molecule has 1 saturated carbocycles. The van der Waals surface area contributed by atoms with Gasteiger partial charge >= 0.3 is 7.12 Å². The smallest absolute Gasteiger partial charge is 0.403 e. The molecule has 1 unspecified atom stereocenters. The normalized spacial score (nSPS) is 24.1. The molecular weight excluding hydrogens is 409 g/mol. The van der Waals surface area contributed by atoms with Crippen LogP contribution >= 0.6 is 11.6 Å². The zero-order valence-corrected chi connectivity index (χ0v) is 22.3. The minimum atomic E-state index is -0.160. The number of morpholine rings is 1. The Hall–Kier alpha value is -0.585. The van der Waals surface area contributed by atoms with Crippen LogP contribution in [0, 0.1) is 6.92 Å². The van der Waals surface area contributed by atoms with E-state index in [1.165, 1.54) is 24.0 Å². The van der Waals surface area contributed by atoms with Crippen molar-refractivity contribution in [2.24, 2.45) is 0 Å². The number of rotatable bonds is 2. The highest BCUT2D eigenvalue weighted by Gasteiger charge is 2.48. The van der Waals surface area contributed by atoms with E-state index in [9.17, 15) is 0 Å². The van der Waals surface area contributed by atoms with Crippen molar-refractivity contribution < 1.29 is 14.0 Å². The Morgan fingerprint density at radius 1 is 1.03 bits per heavy atom. The van der Waals surface area contributed by atoms with Crippen LogP contribution in [0.25, 0.3) is 0 Å². The monoisotopic (exact) mass is 453 g/mol. The van der Waals surface area contributed by atoms with Crippen LogP contribution in [0.3, 0.4) is 0 Å². The van der Waals surface area contributed by atoms with E-state index >= 15 is 0 Å². The maximum Gasteiger partial charge on any atom is 0.454 e. The molecule has 3 aliphatic rings. The van der Waals surface area contributed by atoms with Gasteiger partial charge in [-0.15, -0.1) is 0 Å². The highest BCUT2D eigenvalue weighted by molar-refractivity contribution is 6.43. The summed E-state index contributed by atoms with van der Waals surface area (Å²) in [7, 11) is -0.0648. The van der Waals surface area contributed by atoms with Crippen molar-refractivity contribution in [3.8, 4) is 0 Å². The van der Waals surface area contributed by atoms with Gasteiger partial charge in [0.25, 0.3) is 0 Å². The molecule has 4 rings (SSSR count). The van der Waals surface area contributed by atoms with Gasteiger partial charge in [-0.1, -0.05) is 45.4 Å². The number of benzene rings is 1. The van der Waals surface area contributed by atoms with Gasteiger partial charge in [0.1, 0.15) is 0 Å². The van der Waals surface area contributed by atoms with E-state index < -0.39 is 0 Å². The Morgan fingerprint density at radius 2 is 1.58 bits per heavy atom. The van der Waals surface area contributed by atoms with E-state index in [2.05, 4.69) is 46.0 Å². The lowest BCUT2D eigenvalue weighted by molar-refractivity contribution is -0.00238. The molecule has 1 N–H and O–H groups in total. The van der Waals surface area contributed by atoms with Crippen molar-refractivity contribution in [3.63, 3.8) is 0 Å². The highest BCUT2D eigenvalue weighted by atomic mass is 35.5. The van der Waals surface area contributed by atoms with Crippen molar-refractivity contribution in [3.05, 3.63) is 34.3 Å². The molecule has 1 aromatic rings. The van der Waals surface area contributed by atoms with Gasteiger partial charge in [0.2, 0.25) is 0 Å². The summed E-state index contributed by atoms with van der Waals surface area (Å²) < 4.78 is 17.0. The fourth-order valence-corrected chi connectivity index (χ4v) is 3.82. The third-order valence-corrected chi connectivity index (χ3v) is 6.51. The second-order valence-electron chi connectivity index (χ2n) is 9.19. The molecule has 178 valence electrons. The summed E-state index contributed by atoms with van der Waals surface area (Å²) in [5.74, 6) is 0. The van der Waals surface area contributed by atoms with Crippen LogP contribution in [0.15, 0.2) is 18.2 Å². The standard InChI is InChI=1S/C14H18ClNO.C7H15BO2.2C2H6/c1-10-6-12(15)3-2-11(10)7-13-8-16-14(4-5-14)9-17-13;1-6(2)7(3,4)10-8(5)9-6;2*1-2/h2-3,6,13,16H,4-5,7-9H2,1H3;1-5H3;2*1-2H3.